The maximum absolute atomic E-state index is 10.6. The Morgan fingerprint density at radius 1 is 0.591 bits per heavy atom. The second-order valence-electron chi connectivity index (χ2n) is 24.1. The summed E-state index contributed by atoms with van der Waals surface area (Å²) in [6, 6.07) is 24.6. The van der Waals surface area contributed by atoms with Crippen molar-refractivity contribution < 1.29 is 46.2 Å². The van der Waals surface area contributed by atoms with E-state index in [0.717, 1.165) is 191 Å². The molecule has 0 saturated carbocycles. The van der Waals surface area contributed by atoms with Crippen LogP contribution in [0.25, 0.3) is 50.6 Å². The predicted octanol–water partition coefficient (Wildman–Crippen LogP) is 11.2. The second-order valence-corrected chi connectivity index (χ2v) is 28.9. The number of aliphatic carboxylic acids is 1. The van der Waals surface area contributed by atoms with Gasteiger partial charge in [0.25, 0.3) is 17.8 Å². The van der Waals surface area contributed by atoms with Crippen molar-refractivity contribution in [1.29, 1.82) is 0 Å². The molecular formula is C62H84F3N15O7Si. The standard InChI is InChI=1S/C25H39N5O2Si.C19H25N5O2.C16H19N5O.C2HF3O2/c1-7-21-20-11-8-9-12-22(20)30(27-21)24-26-23(32-28-24)19-13-16-29(17-14-19)15-10-18-31-33(5,6)25(2,3)4;1-2-16-15-6-3-4-7-17(15)24(21-16)19-20-18(26-22-19)14-8-11-23(12-9-14)10-5-13-25;1-2-13-12-5-3-4-6-14(12)21(19-13)16-18-15(22-20-16)11-7-9-17-10-8-11;3-2(4,5)1(6)7/h8-9,11-12,19H,7,10,13-18H2,1-6H3;3-4,6-7,14,25H,2,5,8-13H2,1H3;3-6,11,17H,2,7-10H2,1H3;(H,6,7). The third-order valence-electron chi connectivity index (χ3n) is 17.2. The number of aromatic nitrogens is 12. The van der Waals surface area contributed by atoms with E-state index in [1.807, 2.05) is 53.2 Å². The summed E-state index contributed by atoms with van der Waals surface area (Å²) < 4.78 is 60.3. The molecule has 88 heavy (non-hydrogen) atoms. The molecule has 0 atom stereocenters. The van der Waals surface area contributed by atoms with Crippen LogP contribution in [-0.4, -0.2) is 166 Å². The lowest BCUT2D eigenvalue weighted by atomic mass is 9.97. The molecule has 0 amide bonds. The zero-order valence-electron chi connectivity index (χ0n) is 51.8. The van der Waals surface area contributed by atoms with Gasteiger partial charge in [-0.25, -0.2) is 4.79 Å². The number of carboxylic acids is 1. The van der Waals surface area contributed by atoms with E-state index in [0.29, 0.717) is 41.5 Å². The number of halogens is 3. The molecule has 0 unspecified atom stereocenters. The number of aryl methyl sites for hydroxylation is 3. The first-order chi connectivity index (χ1) is 42.3. The zero-order valence-corrected chi connectivity index (χ0v) is 52.8. The normalized spacial score (nSPS) is 16.1. The van der Waals surface area contributed by atoms with E-state index in [1.54, 1.807) is 9.36 Å². The van der Waals surface area contributed by atoms with E-state index >= 15 is 0 Å². The zero-order chi connectivity index (χ0) is 62.6. The topological polar surface area (TPSA) is 255 Å². The van der Waals surface area contributed by atoms with E-state index in [4.69, 9.17) is 43.1 Å². The van der Waals surface area contributed by atoms with Gasteiger partial charge in [-0.3, -0.25) is 0 Å². The lowest BCUT2D eigenvalue weighted by molar-refractivity contribution is -0.192. The minimum absolute atomic E-state index is 0.254. The van der Waals surface area contributed by atoms with Gasteiger partial charge in [-0.05, 0) is 162 Å². The number of likely N-dealkylation sites (tertiary alicyclic amines) is 2. The van der Waals surface area contributed by atoms with Crippen molar-refractivity contribution in [3.63, 3.8) is 0 Å². The number of nitrogens with zero attached hydrogens (tertiary/aromatic N) is 14. The van der Waals surface area contributed by atoms with Gasteiger partial charge in [0.1, 0.15) is 0 Å². The Morgan fingerprint density at radius 2 is 0.932 bits per heavy atom. The molecule has 3 N–H and O–H groups in total. The Labute approximate surface area is 511 Å². The number of piperidine rings is 3. The molecule has 12 rings (SSSR count). The minimum Gasteiger partial charge on any atom is -0.475 e. The maximum atomic E-state index is 10.6. The number of fused-ring (bicyclic) bond motifs is 3. The molecule has 3 aromatic carbocycles. The highest BCUT2D eigenvalue weighted by atomic mass is 28.4. The molecule has 0 bridgehead atoms. The van der Waals surface area contributed by atoms with Crippen molar-refractivity contribution in [2.24, 2.45) is 0 Å². The van der Waals surface area contributed by atoms with Gasteiger partial charge in [0.2, 0.25) is 17.7 Å². The Morgan fingerprint density at radius 3 is 1.26 bits per heavy atom. The third kappa shape index (κ3) is 15.8. The number of carbonyl (C=O) groups is 1. The number of aliphatic hydroxyl groups excluding tert-OH is 1. The van der Waals surface area contributed by atoms with Crippen molar-refractivity contribution in [3.05, 3.63) is 108 Å². The molecular weight excluding hydrogens is 1150 g/mol. The number of hydrogen-bond donors (Lipinski definition) is 3. The van der Waals surface area contributed by atoms with E-state index in [2.05, 4.69) is 130 Å². The first-order valence-electron chi connectivity index (χ1n) is 30.9. The molecule has 3 aliphatic heterocycles. The summed E-state index contributed by atoms with van der Waals surface area (Å²) in [6.45, 7) is 27.2. The molecule has 0 aliphatic carbocycles. The number of para-hydroxylation sites is 3. The lowest BCUT2D eigenvalue weighted by Gasteiger charge is -2.36. The number of aliphatic hydroxyl groups is 1. The van der Waals surface area contributed by atoms with Gasteiger partial charge in [-0.15, -0.1) is 0 Å². The fourth-order valence-electron chi connectivity index (χ4n) is 11.1. The molecule has 0 radical (unpaired) electrons. The van der Waals surface area contributed by atoms with Crippen LogP contribution in [0.2, 0.25) is 18.1 Å². The van der Waals surface area contributed by atoms with Crippen LogP contribution in [0.4, 0.5) is 13.2 Å². The van der Waals surface area contributed by atoms with Gasteiger partial charge >= 0.3 is 12.1 Å². The van der Waals surface area contributed by atoms with Crippen molar-refractivity contribution in [3.8, 4) is 17.8 Å². The van der Waals surface area contributed by atoms with Crippen LogP contribution >= 0.6 is 0 Å². The second kappa shape index (κ2) is 29.4. The monoisotopic (exact) mass is 1240 g/mol. The average molecular weight is 1240 g/mol. The van der Waals surface area contributed by atoms with Crippen LogP contribution < -0.4 is 5.32 Å². The summed E-state index contributed by atoms with van der Waals surface area (Å²) in [5, 5.41) is 49.8. The van der Waals surface area contributed by atoms with E-state index in [9.17, 15) is 13.2 Å². The molecule has 3 saturated heterocycles. The van der Waals surface area contributed by atoms with Crippen LogP contribution in [0.3, 0.4) is 0 Å². The molecule has 3 aliphatic rings. The highest BCUT2D eigenvalue weighted by Crippen LogP contribution is 2.37. The summed E-state index contributed by atoms with van der Waals surface area (Å²) >= 11 is 0. The summed E-state index contributed by atoms with van der Waals surface area (Å²) in [5.74, 6) is 1.97. The number of nitrogens with one attached hydrogen (secondary N) is 1. The van der Waals surface area contributed by atoms with Gasteiger partial charge in [0, 0.05) is 60.2 Å². The Balaban J connectivity index is 0.000000151. The maximum Gasteiger partial charge on any atom is 0.490 e. The van der Waals surface area contributed by atoms with Crippen molar-refractivity contribution >= 4 is 47.0 Å². The van der Waals surface area contributed by atoms with Crippen molar-refractivity contribution in [2.45, 2.75) is 154 Å². The van der Waals surface area contributed by atoms with Gasteiger partial charge in [0.05, 0.1) is 33.6 Å². The molecule has 0 spiro atoms. The summed E-state index contributed by atoms with van der Waals surface area (Å²) in [5.41, 5.74) is 6.22. The number of carboxylic acid groups (broad SMARTS) is 1. The SMILES string of the molecule is CCc1nn(-c2noc(C3CCN(CCCO)CC3)n2)c2ccccc12.CCc1nn(-c2noc(C3CCN(CCCO[Si](C)(C)C(C)(C)C)CC3)n2)c2ccccc12.CCc1nn(-c2noc(C3CCNCC3)n2)c2ccccc12.O=C(O)C(F)(F)F. The fraction of sp³-hybridized carbons (Fsp3) is 0.548. The molecule has 6 aromatic heterocycles. The fourth-order valence-corrected chi connectivity index (χ4v) is 12.2. The van der Waals surface area contributed by atoms with E-state index in [-0.39, 0.29) is 11.6 Å². The highest BCUT2D eigenvalue weighted by Gasteiger charge is 2.39. The molecule has 22 nitrogen and oxygen atoms in total. The predicted molar refractivity (Wildman–Crippen MR) is 330 cm³/mol. The summed E-state index contributed by atoms with van der Waals surface area (Å²) in [4.78, 5) is 27.8. The molecule has 26 heteroatoms. The Bertz CT molecular complexity index is 3660. The van der Waals surface area contributed by atoms with E-state index in [1.165, 1.54) is 0 Å². The van der Waals surface area contributed by atoms with Crippen LogP contribution in [-0.2, 0) is 28.5 Å². The van der Waals surface area contributed by atoms with Gasteiger partial charge in [0.15, 0.2) is 8.32 Å². The number of hydrogen-bond acceptors (Lipinski definition) is 18. The lowest BCUT2D eigenvalue weighted by Crippen LogP contribution is -2.41. The third-order valence-corrected chi connectivity index (χ3v) is 21.7. The van der Waals surface area contributed by atoms with Crippen molar-refractivity contribution in [2.75, 3.05) is 65.6 Å². The molecule has 474 valence electrons. The molecule has 9 heterocycles. The summed E-state index contributed by atoms with van der Waals surface area (Å²) in [7, 11) is -1.64. The Hall–Kier alpha value is -7.23. The number of benzene rings is 3. The highest BCUT2D eigenvalue weighted by molar-refractivity contribution is 6.74. The largest absolute Gasteiger partial charge is 0.490 e. The molecule has 9 aromatic rings. The van der Waals surface area contributed by atoms with Gasteiger partial charge in [-0.2, -0.15) is 57.5 Å². The summed E-state index contributed by atoms with van der Waals surface area (Å²) in [6.07, 6.45) is 5.66. The van der Waals surface area contributed by atoms with Crippen LogP contribution in [0, 0.1) is 0 Å². The quantitative estimate of drug-likeness (QED) is 0.0565. The van der Waals surface area contributed by atoms with Gasteiger partial charge < -0.3 is 43.3 Å². The number of rotatable bonds is 17. The van der Waals surface area contributed by atoms with Crippen LogP contribution in [0.15, 0.2) is 86.4 Å². The van der Waals surface area contributed by atoms with Crippen LogP contribution in [0.5, 0.6) is 0 Å². The van der Waals surface area contributed by atoms with E-state index < -0.39 is 20.5 Å². The first-order valence-corrected chi connectivity index (χ1v) is 33.8. The average Bonchev–Trinajstić information content (AvgIpc) is 3.62. The van der Waals surface area contributed by atoms with Crippen LogP contribution in [0.1, 0.15) is 145 Å². The first kappa shape index (κ1) is 65.2. The molecule has 3 fully saturated rings. The minimum atomic E-state index is -5.08. The van der Waals surface area contributed by atoms with Gasteiger partial charge in [-0.1, -0.05) is 96.1 Å². The smallest absolute Gasteiger partial charge is 0.475 e. The van der Waals surface area contributed by atoms with Crippen molar-refractivity contribution in [1.82, 2.24) is 74.9 Å². The number of alkyl halides is 3. The Kier molecular flexibility index (Phi) is 21.8.